The van der Waals surface area contributed by atoms with Crippen molar-refractivity contribution in [3.8, 4) is 0 Å². The van der Waals surface area contributed by atoms with Crippen molar-refractivity contribution in [1.82, 2.24) is 8.61 Å². The van der Waals surface area contributed by atoms with Crippen LogP contribution in [0.4, 0.5) is 0 Å². The second-order valence-electron chi connectivity index (χ2n) is 5.40. The lowest BCUT2D eigenvalue weighted by Gasteiger charge is -2.19. The van der Waals surface area contributed by atoms with E-state index in [0.29, 0.717) is 13.1 Å². The second-order valence-corrected chi connectivity index (χ2v) is 10.4. The number of hydrogen-bond donors (Lipinski definition) is 0. The van der Waals surface area contributed by atoms with Gasteiger partial charge in [-0.3, -0.25) is 0 Å². The third kappa shape index (κ3) is 4.29. The molecule has 2 aromatic rings. The molecule has 0 saturated carbocycles. The van der Waals surface area contributed by atoms with Gasteiger partial charge in [-0.15, -0.1) is 11.3 Å². The Hall–Kier alpha value is -1.26. The molecular formula is C16H22N2O4S3. The molecule has 0 aliphatic heterocycles. The van der Waals surface area contributed by atoms with E-state index in [4.69, 9.17) is 0 Å². The van der Waals surface area contributed by atoms with Crippen LogP contribution in [0.5, 0.6) is 0 Å². The van der Waals surface area contributed by atoms with Crippen molar-refractivity contribution < 1.29 is 16.8 Å². The van der Waals surface area contributed by atoms with Gasteiger partial charge in [0.25, 0.3) is 0 Å². The fourth-order valence-electron chi connectivity index (χ4n) is 2.38. The molecule has 1 aromatic heterocycles. The van der Waals surface area contributed by atoms with Crippen molar-refractivity contribution in [2.24, 2.45) is 0 Å². The summed E-state index contributed by atoms with van der Waals surface area (Å²) >= 11 is 1.49. The Labute approximate surface area is 153 Å². The topological polar surface area (TPSA) is 74.8 Å². The van der Waals surface area contributed by atoms with Crippen molar-refractivity contribution >= 4 is 31.4 Å². The number of hydrogen-bond acceptors (Lipinski definition) is 5. The van der Waals surface area contributed by atoms with Crippen LogP contribution in [0.25, 0.3) is 0 Å². The Morgan fingerprint density at radius 1 is 0.880 bits per heavy atom. The average Bonchev–Trinajstić information content (AvgIpc) is 3.08. The fraction of sp³-hybridized carbons (Fsp3) is 0.375. The van der Waals surface area contributed by atoms with Gasteiger partial charge in [0.15, 0.2) is 0 Å². The van der Waals surface area contributed by atoms with Crippen molar-refractivity contribution in [3.05, 3.63) is 46.7 Å². The minimum atomic E-state index is -3.68. The zero-order valence-corrected chi connectivity index (χ0v) is 16.9. The van der Waals surface area contributed by atoms with E-state index < -0.39 is 20.0 Å². The molecule has 6 nitrogen and oxygen atoms in total. The van der Waals surface area contributed by atoms with Gasteiger partial charge >= 0.3 is 0 Å². The number of thiophene rings is 1. The molecule has 0 atom stereocenters. The summed E-state index contributed by atoms with van der Waals surface area (Å²) in [5.41, 5.74) is 0. The van der Waals surface area contributed by atoms with Crippen molar-refractivity contribution in [3.63, 3.8) is 0 Å². The summed E-state index contributed by atoms with van der Waals surface area (Å²) in [5.74, 6) is 0. The fourth-order valence-corrected chi connectivity index (χ4v) is 5.83. The molecule has 0 aliphatic rings. The number of nitrogens with zero attached hydrogens (tertiary/aromatic N) is 2. The second kappa shape index (κ2) is 7.96. The maximum atomic E-state index is 12.6. The molecular weight excluding hydrogens is 380 g/mol. The molecule has 2 rings (SSSR count). The normalized spacial score (nSPS) is 12.8. The molecule has 0 unspecified atom stereocenters. The van der Waals surface area contributed by atoms with Gasteiger partial charge in [0.1, 0.15) is 0 Å². The minimum Gasteiger partial charge on any atom is -0.207 e. The van der Waals surface area contributed by atoms with E-state index in [0.717, 1.165) is 4.88 Å². The monoisotopic (exact) mass is 402 g/mol. The molecule has 9 heteroatoms. The number of benzene rings is 1. The van der Waals surface area contributed by atoms with Crippen LogP contribution in [0.2, 0.25) is 0 Å². The lowest BCUT2D eigenvalue weighted by atomic mass is 10.4. The summed E-state index contributed by atoms with van der Waals surface area (Å²) < 4.78 is 52.8. The van der Waals surface area contributed by atoms with Crippen molar-refractivity contribution in [2.45, 2.75) is 30.2 Å². The standard InChI is InChI=1S/C16H22N2O4S3/c1-4-18(5-2)25(21,22)16-10-8-15(9-11-16)24(19,20)17(3)13-14-7-6-12-23-14/h6-12H,4-5,13H2,1-3H3. The zero-order chi connectivity index (χ0) is 18.7. The molecule has 0 N–H and O–H groups in total. The first-order valence-corrected chi connectivity index (χ1v) is 11.6. The highest BCUT2D eigenvalue weighted by atomic mass is 32.2. The zero-order valence-electron chi connectivity index (χ0n) is 14.4. The van der Waals surface area contributed by atoms with Crippen LogP contribution in [-0.4, -0.2) is 45.6 Å². The SMILES string of the molecule is CCN(CC)S(=O)(=O)c1ccc(S(=O)(=O)N(C)Cc2cccs2)cc1. The van der Waals surface area contributed by atoms with E-state index in [2.05, 4.69) is 0 Å². The summed E-state index contributed by atoms with van der Waals surface area (Å²) in [5, 5.41) is 1.89. The molecule has 0 radical (unpaired) electrons. The van der Waals surface area contributed by atoms with E-state index in [1.165, 1.54) is 51.3 Å². The van der Waals surface area contributed by atoms with Crippen LogP contribution in [0.1, 0.15) is 18.7 Å². The summed E-state index contributed by atoms with van der Waals surface area (Å²) in [6.45, 7) is 4.53. The molecule has 1 heterocycles. The third-order valence-corrected chi connectivity index (χ3v) is 8.58. The maximum absolute atomic E-state index is 12.6. The van der Waals surface area contributed by atoms with Gasteiger partial charge in [0.2, 0.25) is 20.0 Å². The Morgan fingerprint density at radius 3 is 1.84 bits per heavy atom. The first-order valence-electron chi connectivity index (χ1n) is 7.82. The lowest BCUT2D eigenvalue weighted by molar-refractivity contribution is 0.445. The molecule has 0 spiro atoms. The van der Waals surface area contributed by atoms with Crippen LogP contribution >= 0.6 is 11.3 Å². The van der Waals surface area contributed by atoms with Crippen LogP contribution in [0, 0.1) is 0 Å². The average molecular weight is 403 g/mol. The summed E-state index contributed by atoms with van der Waals surface area (Å²) in [6, 6.07) is 9.12. The maximum Gasteiger partial charge on any atom is 0.243 e. The summed E-state index contributed by atoms with van der Waals surface area (Å²) in [7, 11) is -5.77. The Bertz CT molecular complexity index is 885. The molecule has 25 heavy (non-hydrogen) atoms. The quantitative estimate of drug-likeness (QED) is 0.680. The predicted octanol–water partition coefficient (Wildman–Crippen LogP) is 2.60. The highest BCUT2D eigenvalue weighted by Gasteiger charge is 2.24. The van der Waals surface area contributed by atoms with Gasteiger partial charge < -0.3 is 0 Å². The molecule has 0 amide bonds. The Kier molecular flexibility index (Phi) is 6.39. The highest BCUT2D eigenvalue weighted by molar-refractivity contribution is 7.89. The van der Waals surface area contributed by atoms with Gasteiger partial charge in [-0.05, 0) is 35.7 Å². The van der Waals surface area contributed by atoms with Crippen molar-refractivity contribution in [2.75, 3.05) is 20.1 Å². The molecule has 0 fully saturated rings. The lowest BCUT2D eigenvalue weighted by Crippen LogP contribution is -2.30. The largest absolute Gasteiger partial charge is 0.243 e. The van der Waals surface area contributed by atoms with Crippen molar-refractivity contribution in [1.29, 1.82) is 0 Å². The summed E-state index contributed by atoms with van der Waals surface area (Å²) in [4.78, 5) is 1.10. The van der Waals surface area contributed by atoms with Gasteiger partial charge in [0.05, 0.1) is 9.79 Å². The van der Waals surface area contributed by atoms with E-state index >= 15 is 0 Å². The van der Waals surface area contributed by atoms with Crippen LogP contribution < -0.4 is 0 Å². The molecule has 0 bridgehead atoms. The smallest absolute Gasteiger partial charge is 0.207 e. The minimum absolute atomic E-state index is 0.0741. The van der Waals surface area contributed by atoms with Crippen LogP contribution in [0.3, 0.4) is 0 Å². The summed E-state index contributed by atoms with van der Waals surface area (Å²) in [6.07, 6.45) is 0. The van der Waals surface area contributed by atoms with E-state index in [1.807, 2.05) is 17.5 Å². The predicted molar refractivity (Wildman–Crippen MR) is 99.5 cm³/mol. The van der Waals surface area contributed by atoms with Crippen LogP contribution in [-0.2, 0) is 26.6 Å². The van der Waals surface area contributed by atoms with Gasteiger partial charge in [-0.1, -0.05) is 19.9 Å². The van der Waals surface area contributed by atoms with Gasteiger partial charge in [-0.25, -0.2) is 16.8 Å². The van der Waals surface area contributed by atoms with Gasteiger partial charge in [-0.2, -0.15) is 8.61 Å². The molecule has 0 saturated heterocycles. The third-order valence-electron chi connectivity index (χ3n) is 3.83. The molecule has 138 valence electrons. The van der Waals surface area contributed by atoms with Crippen LogP contribution in [0.15, 0.2) is 51.6 Å². The van der Waals surface area contributed by atoms with E-state index in [9.17, 15) is 16.8 Å². The molecule has 1 aromatic carbocycles. The first-order chi connectivity index (χ1) is 11.7. The first kappa shape index (κ1) is 20.1. The van der Waals surface area contributed by atoms with Gasteiger partial charge in [0, 0.05) is 31.6 Å². The number of rotatable bonds is 8. The van der Waals surface area contributed by atoms with E-state index in [-0.39, 0.29) is 16.3 Å². The Morgan fingerprint density at radius 2 is 1.40 bits per heavy atom. The Balaban J connectivity index is 2.26. The highest BCUT2D eigenvalue weighted by Crippen LogP contribution is 2.22. The molecule has 0 aliphatic carbocycles. The number of sulfonamides is 2. The van der Waals surface area contributed by atoms with E-state index in [1.54, 1.807) is 13.8 Å².